The standard InChI is InChI=1S/C24H32F2N8O4/c1-17(2)16-37-23(36)28-13-19-14-33(31-29-19)9-4-5-10-34-15-21(30-32-34)22(35)27-12-18-7-6-8-20(11-18)38-24(3,25)26/h6-8,11,14-15,17H,4-5,9-10,12-13,16H2,1-3H3,(H,27,35)(H,28,36). The van der Waals surface area contributed by atoms with Crippen LogP contribution in [0.25, 0.3) is 0 Å². The van der Waals surface area contributed by atoms with E-state index in [0.717, 1.165) is 12.8 Å². The highest BCUT2D eigenvalue weighted by molar-refractivity contribution is 5.91. The number of nitrogens with one attached hydrogen (secondary N) is 2. The second kappa shape index (κ2) is 13.4. The SMILES string of the molecule is CC(C)COC(=O)NCc1cn(CCCCn2cc(C(=O)NCc3cccc(OC(C)(F)F)c3)nn2)nn1. The molecule has 0 saturated heterocycles. The molecule has 2 heterocycles. The lowest BCUT2D eigenvalue weighted by Gasteiger charge is -2.13. The lowest BCUT2D eigenvalue weighted by atomic mass is 10.2. The van der Waals surface area contributed by atoms with Crippen LogP contribution >= 0.6 is 0 Å². The predicted octanol–water partition coefficient (Wildman–Crippen LogP) is 3.15. The number of halogens is 2. The highest BCUT2D eigenvalue weighted by Gasteiger charge is 2.23. The molecule has 0 unspecified atom stereocenters. The fraction of sp³-hybridized carbons (Fsp3) is 0.500. The van der Waals surface area contributed by atoms with Crippen molar-refractivity contribution in [3.63, 3.8) is 0 Å². The maximum absolute atomic E-state index is 13.0. The number of alkyl carbamates (subject to hydrolysis) is 1. The van der Waals surface area contributed by atoms with Gasteiger partial charge in [0.1, 0.15) is 11.4 Å². The molecule has 0 spiro atoms. The van der Waals surface area contributed by atoms with E-state index in [2.05, 4.69) is 36.0 Å². The summed E-state index contributed by atoms with van der Waals surface area (Å²) in [5.74, 6) is -0.157. The third-order valence-electron chi connectivity index (χ3n) is 4.99. The number of ether oxygens (including phenoxy) is 2. The summed E-state index contributed by atoms with van der Waals surface area (Å²) < 4.78 is 38.9. The van der Waals surface area contributed by atoms with E-state index < -0.39 is 18.1 Å². The van der Waals surface area contributed by atoms with Gasteiger partial charge in [0.05, 0.1) is 25.5 Å². The second-order valence-corrected chi connectivity index (χ2v) is 9.13. The number of rotatable bonds is 14. The van der Waals surface area contributed by atoms with Gasteiger partial charge in [0.15, 0.2) is 5.69 Å². The average Bonchev–Trinajstić information content (AvgIpc) is 3.51. The highest BCUT2D eigenvalue weighted by Crippen LogP contribution is 2.21. The first kappa shape index (κ1) is 28.5. The van der Waals surface area contributed by atoms with Gasteiger partial charge in [-0.1, -0.05) is 36.4 Å². The summed E-state index contributed by atoms with van der Waals surface area (Å²) in [4.78, 5) is 24.0. The highest BCUT2D eigenvalue weighted by atomic mass is 19.3. The number of aromatic nitrogens is 6. The van der Waals surface area contributed by atoms with E-state index in [0.29, 0.717) is 37.9 Å². The Morgan fingerprint density at radius 3 is 2.45 bits per heavy atom. The molecule has 0 aliphatic heterocycles. The van der Waals surface area contributed by atoms with Crippen molar-refractivity contribution in [2.75, 3.05) is 6.61 Å². The fourth-order valence-electron chi connectivity index (χ4n) is 3.24. The Hall–Kier alpha value is -4.10. The van der Waals surface area contributed by atoms with Crippen molar-refractivity contribution >= 4 is 12.0 Å². The van der Waals surface area contributed by atoms with Gasteiger partial charge in [0, 0.05) is 26.6 Å². The average molecular weight is 535 g/mol. The van der Waals surface area contributed by atoms with Crippen LogP contribution in [0.4, 0.5) is 13.6 Å². The molecule has 3 aromatic rings. The number of hydrogen-bond donors (Lipinski definition) is 2. The Kier molecular flexibility index (Phi) is 10.1. The van der Waals surface area contributed by atoms with Crippen molar-refractivity contribution < 1.29 is 27.8 Å². The number of aryl methyl sites for hydroxylation is 2. The van der Waals surface area contributed by atoms with Crippen LogP contribution in [0.2, 0.25) is 0 Å². The van der Waals surface area contributed by atoms with Gasteiger partial charge in [0.25, 0.3) is 5.91 Å². The molecule has 12 nitrogen and oxygen atoms in total. The van der Waals surface area contributed by atoms with Gasteiger partial charge in [-0.15, -0.1) is 10.2 Å². The molecule has 1 aromatic carbocycles. The van der Waals surface area contributed by atoms with Crippen LogP contribution in [0, 0.1) is 5.92 Å². The minimum absolute atomic E-state index is 0.00998. The van der Waals surface area contributed by atoms with Gasteiger partial charge in [-0.2, -0.15) is 8.78 Å². The van der Waals surface area contributed by atoms with Gasteiger partial charge in [-0.05, 0) is 36.5 Å². The number of amides is 2. The topological polar surface area (TPSA) is 138 Å². The Morgan fingerprint density at radius 1 is 1.03 bits per heavy atom. The van der Waals surface area contributed by atoms with Crippen LogP contribution in [-0.2, 0) is 30.9 Å². The molecule has 14 heteroatoms. The van der Waals surface area contributed by atoms with E-state index in [1.165, 1.54) is 12.1 Å². The number of alkyl halides is 2. The van der Waals surface area contributed by atoms with Crippen LogP contribution < -0.4 is 15.4 Å². The molecule has 2 amide bonds. The molecule has 38 heavy (non-hydrogen) atoms. The minimum atomic E-state index is -3.29. The van der Waals surface area contributed by atoms with Gasteiger partial charge in [-0.25, -0.2) is 4.79 Å². The lowest BCUT2D eigenvalue weighted by molar-refractivity contribution is -0.159. The molecule has 0 radical (unpaired) electrons. The van der Waals surface area contributed by atoms with Crippen molar-refractivity contribution in [3.05, 3.63) is 53.6 Å². The quantitative estimate of drug-likeness (QED) is 0.301. The van der Waals surface area contributed by atoms with Gasteiger partial charge >= 0.3 is 12.2 Å². The van der Waals surface area contributed by atoms with E-state index in [9.17, 15) is 18.4 Å². The van der Waals surface area contributed by atoms with Gasteiger partial charge < -0.3 is 20.1 Å². The molecule has 0 atom stereocenters. The molecule has 2 aromatic heterocycles. The number of hydrogen-bond acceptors (Lipinski definition) is 8. The molecule has 0 bridgehead atoms. The van der Waals surface area contributed by atoms with Crippen LogP contribution in [-0.4, -0.2) is 54.7 Å². The summed E-state index contributed by atoms with van der Waals surface area (Å²) in [7, 11) is 0. The van der Waals surface area contributed by atoms with Crippen molar-refractivity contribution in [2.45, 2.75) is 65.9 Å². The van der Waals surface area contributed by atoms with E-state index in [1.54, 1.807) is 33.9 Å². The molecule has 206 valence electrons. The summed E-state index contributed by atoms with van der Waals surface area (Å²) in [6.07, 6.45) is 1.06. The molecule has 0 fully saturated rings. The summed E-state index contributed by atoms with van der Waals surface area (Å²) in [6.45, 7) is 6.45. The smallest absolute Gasteiger partial charge is 0.407 e. The molecule has 2 N–H and O–H groups in total. The summed E-state index contributed by atoms with van der Waals surface area (Å²) in [5, 5.41) is 21.3. The fourth-order valence-corrected chi connectivity index (χ4v) is 3.24. The molecule has 3 rings (SSSR count). The van der Waals surface area contributed by atoms with E-state index in [1.807, 2.05) is 13.8 Å². The predicted molar refractivity (Wildman–Crippen MR) is 131 cm³/mol. The maximum atomic E-state index is 13.0. The third-order valence-corrected chi connectivity index (χ3v) is 4.99. The largest absolute Gasteiger partial charge is 0.449 e. The van der Waals surface area contributed by atoms with Crippen LogP contribution in [0.5, 0.6) is 5.75 Å². The normalized spacial score (nSPS) is 11.4. The van der Waals surface area contributed by atoms with E-state index in [-0.39, 0.29) is 30.5 Å². The maximum Gasteiger partial charge on any atom is 0.407 e. The molecule has 0 saturated carbocycles. The van der Waals surface area contributed by atoms with Crippen LogP contribution in [0.3, 0.4) is 0 Å². The number of benzene rings is 1. The van der Waals surface area contributed by atoms with Crippen molar-refractivity contribution in [1.82, 2.24) is 40.6 Å². The zero-order valence-corrected chi connectivity index (χ0v) is 21.6. The number of nitrogens with zero attached hydrogens (tertiary/aromatic N) is 6. The summed E-state index contributed by atoms with van der Waals surface area (Å²) in [5.41, 5.74) is 1.38. The van der Waals surface area contributed by atoms with Gasteiger partial charge in [0.2, 0.25) is 0 Å². The Bertz CT molecular complexity index is 1190. The number of carbonyl (C=O) groups excluding carboxylic acids is 2. The number of carbonyl (C=O) groups is 2. The second-order valence-electron chi connectivity index (χ2n) is 9.13. The zero-order chi connectivity index (χ0) is 27.5. The van der Waals surface area contributed by atoms with Crippen molar-refractivity contribution in [2.24, 2.45) is 5.92 Å². The Labute approximate surface area is 218 Å². The first-order chi connectivity index (χ1) is 18.1. The van der Waals surface area contributed by atoms with Crippen molar-refractivity contribution in [3.8, 4) is 5.75 Å². The molecule has 0 aliphatic rings. The summed E-state index contributed by atoms with van der Waals surface area (Å²) >= 11 is 0. The molecular formula is C24H32F2N8O4. The van der Waals surface area contributed by atoms with Gasteiger partial charge in [-0.3, -0.25) is 14.2 Å². The van der Waals surface area contributed by atoms with Crippen molar-refractivity contribution in [1.29, 1.82) is 0 Å². The Morgan fingerprint density at radius 2 is 1.74 bits per heavy atom. The van der Waals surface area contributed by atoms with Crippen LogP contribution in [0.15, 0.2) is 36.7 Å². The first-order valence-electron chi connectivity index (χ1n) is 12.2. The summed E-state index contributed by atoms with van der Waals surface area (Å²) in [6, 6.07) is 6.11. The lowest BCUT2D eigenvalue weighted by Crippen LogP contribution is -2.25. The zero-order valence-electron chi connectivity index (χ0n) is 21.6. The van der Waals surface area contributed by atoms with Crippen LogP contribution in [0.1, 0.15) is 55.4 Å². The molecule has 0 aliphatic carbocycles. The minimum Gasteiger partial charge on any atom is -0.449 e. The van der Waals surface area contributed by atoms with E-state index >= 15 is 0 Å². The monoisotopic (exact) mass is 534 g/mol. The first-order valence-corrected chi connectivity index (χ1v) is 12.2. The third kappa shape index (κ3) is 10.1. The number of unbranched alkanes of at least 4 members (excludes halogenated alkanes) is 1. The van der Waals surface area contributed by atoms with E-state index in [4.69, 9.17) is 4.74 Å². The molecular weight excluding hydrogens is 502 g/mol. The Balaban J connectivity index is 1.35.